The molecule has 1 atom stereocenters. The number of carbonyl (C=O) groups excluding carboxylic acids is 1. The number of rotatable bonds is 5. The van der Waals surface area contributed by atoms with E-state index in [9.17, 15) is 18.0 Å². The van der Waals surface area contributed by atoms with Crippen LogP contribution in [0.4, 0.5) is 18.9 Å². The third-order valence-corrected chi connectivity index (χ3v) is 3.18. The van der Waals surface area contributed by atoms with Gasteiger partial charge in [-0.05, 0) is 24.6 Å². The van der Waals surface area contributed by atoms with Gasteiger partial charge in [-0.15, -0.1) is 0 Å². The molecular formula is C16H15F3N2O. The van der Waals surface area contributed by atoms with E-state index in [1.54, 1.807) is 0 Å². The molecule has 0 saturated carbocycles. The Morgan fingerprint density at radius 1 is 1.05 bits per heavy atom. The Kier molecular flexibility index (Phi) is 5.16. The first-order chi connectivity index (χ1) is 10.5. The predicted molar refractivity (Wildman–Crippen MR) is 77.8 cm³/mol. The van der Waals surface area contributed by atoms with Crippen molar-refractivity contribution in [2.45, 2.75) is 13.0 Å². The van der Waals surface area contributed by atoms with Crippen LogP contribution in [-0.4, -0.2) is 12.5 Å². The Hall–Kier alpha value is -2.34. The number of amides is 1. The number of benzene rings is 2. The summed E-state index contributed by atoms with van der Waals surface area (Å²) < 4.78 is 39.3. The molecule has 0 aliphatic rings. The lowest BCUT2D eigenvalue weighted by Crippen LogP contribution is -2.30. The standard InChI is InChI=1S/C16H15F3N2O/c1-10(11-5-3-2-4-6-11)20-9-14(22)21-13-8-7-12(17)15(18)16(13)19/h2-8,10,20H,9H2,1H3,(H,21,22)/t10-/m1/s1. The summed E-state index contributed by atoms with van der Waals surface area (Å²) >= 11 is 0. The maximum absolute atomic E-state index is 13.4. The van der Waals surface area contributed by atoms with Crippen LogP contribution in [0.2, 0.25) is 0 Å². The van der Waals surface area contributed by atoms with E-state index < -0.39 is 29.0 Å². The van der Waals surface area contributed by atoms with Crippen molar-refractivity contribution >= 4 is 11.6 Å². The fourth-order valence-corrected chi connectivity index (χ4v) is 1.92. The van der Waals surface area contributed by atoms with Gasteiger partial charge in [-0.3, -0.25) is 4.79 Å². The second-order valence-corrected chi connectivity index (χ2v) is 4.78. The number of anilines is 1. The fraction of sp³-hybridized carbons (Fsp3) is 0.188. The second kappa shape index (κ2) is 7.09. The van der Waals surface area contributed by atoms with Crippen LogP contribution in [0.25, 0.3) is 0 Å². The molecule has 0 fully saturated rings. The zero-order valence-corrected chi connectivity index (χ0v) is 11.9. The lowest BCUT2D eigenvalue weighted by Gasteiger charge is -2.14. The number of nitrogens with one attached hydrogen (secondary N) is 2. The van der Waals surface area contributed by atoms with Crippen LogP contribution in [0.5, 0.6) is 0 Å². The van der Waals surface area contributed by atoms with Crippen LogP contribution < -0.4 is 10.6 Å². The minimum absolute atomic E-state index is 0.0817. The molecule has 0 aliphatic carbocycles. The minimum Gasteiger partial charge on any atom is -0.322 e. The molecule has 2 rings (SSSR count). The molecule has 0 heterocycles. The van der Waals surface area contributed by atoms with Gasteiger partial charge in [0.1, 0.15) is 0 Å². The maximum atomic E-state index is 13.4. The highest BCUT2D eigenvalue weighted by molar-refractivity contribution is 5.92. The zero-order chi connectivity index (χ0) is 16.1. The summed E-state index contributed by atoms with van der Waals surface area (Å²) in [4.78, 5) is 11.7. The topological polar surface area (TPSA) is 41.1 Å². The zero-order valence-electron chi connectivity index (χ0n) is 11.9. The highest BCUT2D eigenvalue weighted by atomic mass is 19.2. The summed E-state index contributed by atoms with van der Waals surface area (Å²) in [5.74, 6) is -4.87. The van der Waals surface area contributed by atoms with Crippen molar-refractivity contribution in [3.05, 3.63) is 65.5 Å². The van der Waals surface area contributed by atoms with Gasteiger partial charge in [-0.1, -0.05) is 30.3 Å². The van der Waals surface area contributed by atoms with Crippen LogP contribution in [0.1, 0.15) is 18.5 Å². The third-order valence-electron chi connectivity index (χ3n) is 3.18. The van der Waals surface area contributed by atoms with Gasteiger partial charge in [-0.2, -0.15) is 0 Å². The van der Waals surface area contributed by atoms with Crippen molar-refractivity contribution in [1.82, 2.24) is 5.32 Å². The number of hydrogen-bond donors (Lipinski definition) is 2. The third kappa shape index (κ3) is 3.85. The monoisotopic (exact) mass is 308 g/mol. The van der Waals surface area contributed by atoms with Gasteiger partial charge in [-0.25, -0.2) is 13.2 Å². The van der Waals surface area contributed by atoms with E-state index in [1.165, 1.54) is 0 Å². The molecule has 0 spiro atoms. The summed E-state index contributed by atoms with van der Waals surface area (Å²) in [5, 5.41) is 5.16. The molecule has 2 aromatic rings. The van der Waals surface area contributed by atoms with Gasteiger partial charge in [0.25, 0.3) is 0 Å². The summed E-state index contributed by atoms with van der Waals surface area (Å²) in [6, 6.07) is 11.1. The van der Waals surface area contributed by atoms with Crippen LogP contribution in [0.3, 0.4) is 0 Å². The average molecular weight is 308 g/mol. The number of halogens is 3. The fourth-order valence-electron chi connectivity index (χ4n) is 1.92. The van der Waals surface area contributed by atoms with Crippen molar-refractivity contribution in [3.8, 4) is 0 Å². The lowest BCUT2D eigenvalue weighted by molar-refractivity contribution is -0.115. The molecule has 0 bridgehead atoms. The van der Waals surface area contributed by atoms with Crippen LogP contribution in [0.15, 0.2) is 42.5 Å². The molecule has 0 aromatic heterocycles. The maximum Gasteiger partial charge on any atom is 0.238 e. The van der Waals surface area contributed by atoms with E-state index in [2.05, 4.69) is 10.6 Å². The lowest BCUT2D eigenvalue weighted by atomic mass is 10.1. The summed E-state index contributed by atoms with van der Waals surface area (Å²) in [6.07, 6.45) is 0. The van der Waals surface area contributed by atoms with E-state index >= 15 is 0 Å². The minimum atomic E-state index is -1.61. The highest BCUT2D eigenvalue weighted by Crippen LogP contribution is 2.19. The molecule has 0 radical (unpaired) electrons. The summed E-state index contributed by atoms with van der Waals surface area (Å²) in [5.41, 5.74) is 0.604. The molecule has 3 nitrogen and oxygen atoms in total. The molecule has 0 unspecified atom stereocenters. The first-order valence-corrected chi connectivity index (χ1v) is 6.70. The van der Waals surface area contributed by atoms with Crippen molar-refractivity contribution in [2.24, 2.45) is 0 Å². The van der Waals surface area contributed by atoms with Crippen LogP contribution in [-0.2, 0) is 4.79 Å². The summed E-state index contributed by atoms with van der Waals surface area (Å²) in [6.45, 7) is 1.79. The quantitative estimate of drug-likeness (QED) is 0.831. The van der Waals surface area contributed by atoms with Crippen molar-refractivity contribution in [3.63, 3.8) is 0 Å². The molecule has 1 amide bonds. The first kappa shape index (κ1) is 16.0. The molecule has 0 saturated heterocycles. The second-order valence-electron chi connectivity index (χ2n) is 4.78. The van der Waals surface area contributed by atoms with Crippen LogP contribution >= 0.6 is 0 Å². The Morgan fingerprint density at radius 3 is 2.41 bits per heavy atom. The Labute approximate surface area is 126 Å². The summed E-state index contributed by atoms with van der Waals surface area (Å²) in [7, 11) is 0. The Bertz CT molecular complexity index is 662. The Morgan fingerprint density at radius 2 is 1.73 bits per heavy atom. The molecule has 116 valence electrons. The van der Waals surface area contributed by atoms with Crippen molar-refractivity contribution in [2.75, 3.05) is 11.9 Å². The van der Waals surface area contributed by atoms with Gasteiger partial charge in [0.2, 0.25) is 5.91 Å². The number of hydrogen-bond acceptors (Lipinski definition) is 2. The first-order valence-electron chi connectivity index (χ1n) is 6.70. The smallest absolute Gasteiger partial charge is 0.238 e. The molecule has 2 N–H and O–H groups in total. The SMILES string of the molecule is C[C@@H](NCC(=O)Nc1ccc(F)c(F)c1F)c1ccccc1. The van der Waals surface area contributed by atoms with Crippen LogP contribution in [0, 0.1) is 17.5 Å². The van der Waals surface area contributed by atoms with Gasteiger partial charge >= 0.3 is 0 Å². The van der Waals surface area contributed by atoms with E-state index in [1.807, 2.05) is 37.3 Å². The molecule has 6 heteroatoms. The molecule has 22 heavy (non-hydrogen) atoms. The van der Waals surface area contributed by atoms with Crippen molar-refractivity contribution in [1.29, 1.82) is 0 Å². The Balaban J connectivity index is 1.92. The van der Waals surface area contributed by atoms with Gasteiger partial charge in [0.05, 0.1) is 12.2 Å². The highest BCUT2D eigenvalue weighted by Gasteiger charge is 2.15. The van der Waals surface area contributed by atoms with E-state index in [0.29, 0.717) is 0 Å². The van der Waals surface area contributed by atoms with E-state index in [0.717, 1.165) is 17.7 Å². The molecular weight excluding hydrogens is 293 g/mol. The average Bonchev–Trinajstić information content (AvgIpc) is 2.54. The van der Waals surface area contributed by atoms with Gasteiger partial charge in [0, 0.05) is 6.04 Å². The van der Waals surface area contributed by atoms with E-state index in [-0.39, 0.29) is 12.6 Å². The molecule has 2 aromatic carbocycles. The van der Waals surface area contributed by atoms with E-state index in [4.69, 9.17) is 0 Å². The molecule has 0 aliphatic heterocycles. The number of carbonyl (C=O) groups is 1. The largest absolute Gasteiger partial charge is 0.322 e. The normalized spacial score (nSPS) is 12.0. The van der Waals surface area contributed by atoms with Crippen molar-refractivity contribution < 1.29 is 18.0 Å². The van der Waals surface area contributed by atoms with Gasteiger partial charge < -0.3 is 10.6 Å². The van der Waals surface area contributed by atoms with Gasteiger partial charge in [0.15, 0.2) is 17.5 Å². The predicted octanol–water partition coefficient (Wildman–Crippen LogP) is 3.39.